The molecule has 3 aromatic carbocycles. The van der Waals surface area contributed by atoms with Crippen molar-refractivity contribution in [2.75, 3.05) is 44.2 Å². The Hall–Kier alpha value is -5.64. The van der Waals surface area contributed by atoms with Gasteiger partial charge in [-0.1, -0.05) is 6.07 Å². The van der Waals surface area contributed by atoms with Crippen molar-refractivity contribution in [3.05, 3.63) is 87.7 Å². The molecule has 310 valence electrons. The molecule has 4 aliphatic rings. The van der Waals surface area contributed by atoms with E-state index >= 15 is 0 Å². The second kappa shape index (κ2) is 15.5. The van der Waals surface area contributed by atoms with Gasteiger partial charge >= 0.3 is 5.69 Å². The number of hydrogen-bond acceptors (Lipinski definition) is 8. The number of halogens is 3. The molecule has 0 radical (unpaired) electrons. The summed E-state index contributed by atoms with van der Waals surface area (Å²) in [6, 6.07) is 12.6. The van der Waals surface area contributed by atoms with Crippen molar-refractivity contribution >= 4 is 45.3 Å². The summed E-state index contributed by atoms with van der Waals surface area (Å²) in [7, 11) is 1.72. The number of imide groups is 1. The molecule has 3 N–H and O–H groups in total. The van der Waals surface area contributed by atoms with Crippen LogP contribution in [0.1, 0.15) is 73.0 Å². The number of piperidine rings is 1. The topological polar surface area (TPSA) is 147 Å². The van der Waals surface area contributed by atoms with Gasteiger partial charge in [0.05, 0.1) is 28.2 Å². The first-order chi connectivity index (χ1) is 28.4. The summed E-state index contributed by atoms with van der Waals surface area (Å²) in [5.41, 5.74) is 3.75. The third-order valence-corrected chi connectivity index (χ3v) is 13.2. The number of benzene rings is 3. The van der Waals surface area contributed by atoms with E-state index in [-0.39, 0.29) is 36.5 Å². The van der Waals surface area contributed by atoms with Gasteiger partial charge in [0.2, 0.25) is 17.6 Å². The maximum atomic E-state index is 14.1. The number of rotatable bonds is 10. The minimum Gasteiger partial charge on any atom is -0.503 e. The summed E-state index contributed by atoms with van der Waals surface area (Å²) < 4.78 is 46.8. The molecule has 3 saturated heterocycles. The zero-order valence-electron chi connectivity index (χ0n) is 32.8. The first kappa shape index (κ1) is 38.9. The van der Waals surface area contributed by atoms with Crippen LogP contribution in [-0.4, -0.2) is 85.9 Å². The van der Waals surface area contributed by atoms with Crippen LogP contribution in [-0.2, 0) is 23.1 Å². The number of amides is 3. The molecule has 1 aliphatic carbocycles. The Bertz CT molecular complexity index is 2530. The van der Waals surface area contributed by atoms with Crippen molar-refractivity contribution in [3.63, 3.8) is 0 Å². The quantitative estimate of drug-likeness (QED) is 0.133. The molecule has 4 fully saturated rings. The van der Waals surface area contributed by atoms with Crippen LogP contribution in [0.25, 0.3) is 21.9 Å². The standard InChI is InChI=1S/C43H47F3N8O5/c1-50-36-15-24(6-11-34(36)54(43(50)59)35-12-13-37(55)48-42(35)58)3-2-14-51-19-27-21-52(22-28(27)20-51)30-10-7-26-23-53(49-33(26)16-30)29-8-4-25(5-9-29)18-47-41(57)31-17-32(44)40(56)39(46)38(31)45/h6-7,10-11,15-17,23,25,27-29,35,56H,2-5,8-9,12-14,18-22H2,1H3,(H,47,57)(H,48,55,58)/t25?,27-,28-,29?,35?/m0/s1. The molecule has 59 heavy (non-hydrogen) atoms. The fourth-order valence-corrected chi connectivity index (χ4v) is 9.89. The number of phenolic OH excluding ortho intramolecular Hbond substituents is 1. The van der Waals surface area contributed by atoms with Crippen LogP contribution in [0.3, 0.4) is 0 Å². The summed E-state index contributed by atoms with van der Waals surface area (Å²) in [4.78, 5) is 54.9. The Morgan fingerprint density at radius 3 is 2.42 bits per heavy atom. The largest absolute Gasteiger partial charge is 0.503 e. The Morgan fingerprint density at radius 2 is 1.68 bits per heavy atom. The number of aryl methyl sites for hydroxylation is 2. The molecule has 0 bridgehead atoms. The Labute approximate surface area is 337 Å². The van der Waals surface area contributed by atoms with E-state index in [9.17, 15) is 37.5 Å². The Balaban J connectivity index is 0.742. The van der Waals surface area contributed by atoms with Crippen LogP contribution in [0.2, 0.25) is 0 Å². The van der Waals surface area contributed by atoms with Gasteiger partial charge in [0.15, 0.2) is 17.4 Å². The molecule has 3 amide bonds. The second-order valence-electron chi connectivity index (χ2n) is 16.9. The van der Waals surface area contributed by atoms with Crippen molar-refractivity contribution in [1.82, 2.24) is 34.4 Å². The minimum atomic E-state index is -1.78. The van der Waals surface area contributed by atoms with Crippen molar-refractivity contribution in [1.29, 1.82) is 0 Å². The number of imidazole rings is 1. The van der Waals surface area contributed by atoms with Gasteiger partial charge in [0.25, 0.3) is 5.91 Å². The lowest BCUT2D eigenvalue weighted by atomic mass is 9.86. The second-order valence-corrected chi connectivity index (χ2v) is 16.9. The van der Waals surface area contributed by atoms with Crippen molar-refractivity contribution in [3.8, 4) is 5.75 Å². The number of carbonyl (C=O) groups is 3. The number of likely N-dealkylation sites (tertiary alicyclic amines) is 1. The number of anilines is 1. The predicted octanol–water partition coefficient (Wildman–Crippen LogP) is 4.95. The monoisotopic (exact) mass is 812 g/mol. The number of phenols is 1. The maximum Gasteiger partial charge on any atom is 0.329 e. The summed E-state index contributed by atoms with van der Waals surface area (Å²) in [5.74, 6) is -6.50. The Kier molecular flexibility index (Phi) is 10.2. The number of aromatic nitrogens is 4. The molecule has 16 heteroatoms. The smallest absolute Gasteiger partial charge is 0.329 e. The van der Waals surface area contributed by atoms with Gasteiger partial charge in [0.1, 0.15) is 6.04 Å². The van der Waals surface area contributed by atoms with Crippen LogP contribution >= 0.6 is 0 Å². The molecule has 0 spiro atoms. The van der Waals surface area contributed by atoms with E-state index < -0.39 is 46.6 Å². The van der Waals surface area contributed by atoms with E-state index in [1.54, 1.807) is 11.6 Å². The summed E-state index contributed by atoms with van der Waals surface area (Å²) >= 11 is 0. The lowest BCUT2D eigenvalue weighted by Gasteiger charge is -2.28. The fourth-order valence-electron chi connectivity index (χ4n) is 9.89. The predicted molar refractivity (Wildman–Crippen MR) is 214 cm³/mol. The molecule has 3 aliphatic heterocycles. The SMILES string of the molecule is Cn1c(=O)n(C2CCC(=O)NC2=O)c2ccc(CCCN3C[C@H]4CN(c5ccc6cn(C7CCC(CNC(=O)c8cc(F)c(O)c(F)c8F)CC7)nc6c5)C[C@@H]4C3)cc21. The van der Waals surface area contributed by atoms with Crippen molar-refractivity contribution in [2.24, 2.45) is 24.8 Å². The third kappa shape index (κ3) is 7.36. The van der Waals surface area contributed by atoms with Gasteiger partial charge in [-0.15, -0.1) is 0 Å². The molecular weight excluding hydrogens is 766 g/mol. The molecule has 1 saturated carbocycles. The molecular formula is C43H47F3N8O5. The number of aromatic hydroxyl groups is 1. The highest BCUT2D eigenvalue weighted by atomic mass is 19.2. The van der Waals surface area contributed by atoms with E-state index in [0.717, 1.165) is 93.2 Å². The molecule has 5 heterocycles. The van der Waals surface area contributed by atoms with Gasteiger partial charge in [-0.05, 0) is 111 Å². The molecule has 13 nitrogen and oxygen atoms in total. The van der Waals surface area contributed by atoms with Crippen molar-refractivity contribution in [2.45, 2.75) is 63.5 Å². The molecule has 2 aromatic heterocycles. The van der Waals surface area contributed by atoms with Gasteiger partial charge in [-0.2, -0.15) is 9.49 Å². The number of nitrogens with zero attached hydrogens (tertiary/aromatic N) is 6. The molecule has 3 atom stereocenters. The van der Waals surface area contributed by atoms with E-state index in [2.05, 4.69) is 44.8 Å². The van der Waals surface area contributed by atoms with Gasteiger partial charge in [-0.3, -0.25) is 33.5 Å². The zero-order chi connectivity index (χ0) is 41.1. The van der Waals surface area contributed by atoms with Crippen LogP contribution in [0, 0.1) is 35.2 Å². The van der Waals surface area contributed by atoms with Crippen LogP contribution in [0.4, 0.5) is 18.9 Å². The van der Waals surface area contributed by atoms with Crippen LogP contribution in [0.5, 0.6) is 5.75 Å². The van der Waals surface area contributed by atoms with Gasteiger partial charge < -0.3 is 20.2 Å². The Morgan fingerprint density at radius 1 is 0.915 bits per heavy atom. The normalized spacial score (nSPS) is 23.7. The van der Waals surface area contributed by atoms with E-state index in [4.69, 9.17) is 5.10 Å². The highest BCUT2D eigenvalue weighted by Crippen LogP contribution is 2.37. The first-order valence-electron chi connectivity index (χ1n) is 20.6. The zero-order valence-corrected chi connectivity index (χ0v) is 32.8. The van der Waals surface area contributed by atoms with E-state index in [1.807, 2.05) is 22.9 Å². The number of hydrogen-bond donors (Lipinski definition) is 3. The molecule has 1 unspecified atom stereocenters. The first-order valence-corrected chi connectivity index (χ1v) is 20.6. The third-order valence-electron chi connectivity index (χ3n) is 13.2. The van der Waals surface area contributed by atoms with Crippen LogP contribution < -0.4 is 21.2 Å². The highest BCUT2D eigenvalue weighted by molar-refractivity contribution is 6.00. The molecule has 9 rings (SSSR count). The van der Waals surface area contributed by atoms with Gasteiger partial charge in [0, 0.05) is 63.5 Å². The minimum absolute atomic E-state index is 0.133. The van der Waals surface area contributed by atoms with E-state index in [0.29, 0.717) is 29.8 Å². The van der Waals surface area contributed by atoms with Crippen LogP contribution in [0.15, 0.2) is 53.5 Å². The summed E-state index contributed by atoms with van der Waals surface area (Å²) in [6.45, 7) is 5.40. The lowest BCUT2D eigenvalue weighted by Crippen LogP contribution is -2.44. The van der Waals surface area contributed by atoms with Gasteiger partial charge in [-0.25, -0.2) is 13.6 Å². The average Bonchev–Trinajstić information content (AvgIpc) is 3.99. The summed E-state index contributed by atoms with van der Waals surface area (Å²) in [6.07, 6.45) is 7.82. The highest BCUT2D eigenvalue weighted by Gasteiger charge is 2.40. The number of carbonyl (C=O) groups excluding carboxylic acids is 3. The number of fused-ring (bicyclic) bond motifs is 3. The van der Waals surface area contributed by atoms with E-state index in [1.165, 1.54) is 10.3 Å². The molecule has 5 aromatic rings. The maximum absolute atomic E-state index is 14.1. The summed E-state index contributed by atoms with van der Waals surface area (Å²) in [5, 5.41) is 20.3. The fraction of sp³-hybridized carbons (Fsp3) is 0.465. The lowest BCUT2D eigenvalue weighted by molar-refractivity contribution is -0.135. The average molecular weight is 813 g/mol. The van der Waals surface area contributed by atoms with Crippen molar-refractivity contribution < 1.29 is 32.7 Å². The number of nitrogens with one attached hydrogen (secondary N) is 2.